The van der Waals surface area contributed by atoms with Crippen LogP contribution in [0.1, 0.15) is 0 Å². The Hall–Kier alpha value is -8.20. The van der Waals surface area contributed by atoms with E-state index < -0.39 is 0 Å². The van der Waals surface area contributed by atoms with Crippen molar-refractivity contribution in [2.24, 2.45) is 0 Å². The zero-order valence-corrected chi connectivity index (χ0v) is 33.8. The lowest BCUT2D eigenvalue weighted by molar-refractivity contribution is 1.18. The van der Waals surface area contributed by atoms with E-state index in [9.17, 15) is 0 Å². The fourth-order valence-corrected chi connectivity index (χ4v) is 9.58. The molecule has 0 fully saturated rings. The van der Waals surface area contributed by atoms with Crippen molar-refractivity contribution >= 4 is 53.9 Å². The van der Waals surface area contributed by atoms with Crippen LogP contribution in [0.25, 0.3) is 121 Å². The smallest absolute Gasteiger partial charge is 0.160 e. The maximum Gasteiger partial charge on any atom is 0.160 e. The monoisotopic (exact) mass is 786 g/mol. The van der Waals surface area contributed by atoms with Crippen LogP contribution < -0.4 is 0 Å². The molecule has 12 rings (SSSR count). The third kappa shape index (κ3) is 6.04. The lowest BCUT2D eigenvalue weighted by atomic mass is 9.83. The quantitative estimate of drug-likeness (QED) is 0.124. The van der Waals surface area contributed by atoms with E-state index in [-0.39, 0.29) is 0 Å². The maximum atomic E-state index is 5.26. The van der Waals surface area contributed by atoms with Gasteiger partial charge in [0.1, 0.15) is 0 Å². The summed E-state index contributed by atoms with van der Waals surface area (Å²) in [5.74, 6) is 0.700. The van der Waals surface area contributed by atoms with Crippen LogP contribution in [0, 0.1) is 0 Å². The Morgan fingerprint density at radius 1 is 0.242 bits per heavy atom. The van der Waals surface area contributed by atoms with Crippen LogP contribution in [-0.4, -0.2) is 9.97 Å². The van der Waals surface area contributed by atoms with Gasteiger partial charge in [-0.25, -0.2) is 9.97 Å². The highest BCUT2D eigenvalue weighted by Crippen LogP contribution is 2.47. The molecule has 0 spiro atoms. The standard InChI is InChI=1S/C60H38N2/c1-3-18-41(19-4-1)57-52-27-13-14-28-53(52)58(59-48-24-10-8-17-40(48)34-35-54(57)59)46-33-31-43-36-45(32-30-44(43)37-46)55-38-56(62-60(61-55)42-20-5-2-6-21-42)51-26-12-11-25-50(51)49-29-15-22-39-16-7-9-23-47(39)49/h1-38H. The van der Waals surface area contributed by atoms with Gasteiger partial charge in [-0.15, -0.1) is 0 Å². The molecule has 0 N–H and O–H groups in total. The molecule has 0 aliphatic rings. The summed E-state index contributed by atoms with van der Waals surface area (Å²) in [4.78, 5) is 10.5. The zero-order chi connectivity index (χ0) is 41.0. The van der Waals surface area contributed by atoms with Crippen molar-refractivity contribution in [2.45, 2.75) is 0 Å². The van der Waals surface area contributed by atoms with Gasteiger partial charge in [-0.3, -0.25) is 0 Å². The van der Waals surface area contributed by atoms with Crippen LogP contribution >= 0.6 is 0 Å². The van der Waals surface area contributed by atoms with Gasteiger partial charge in [0.05, 0.1) is 11.4 Å². The molecule has 0 aliphatic heterocycles. The van der Waals surface area contributed by atoms with Gasteiger partial charge in [0.2, 0.25) is 0 Å². The van der Waals surface area contributed by atoms with Crippen molar-refractivity contribution in [1.82, 2.24) is 9.97 Å². The fourth-order valence-electron chi connectivity index (χ4n) is 9.58. The van der Waals surface area contributed by atoms with Gasteiger partial charge in [0, 0.05) is 16.7 Å². The molecule has 0 saturated carbocycles. The number of nitrogens with zero attached hydrogens (tertiary/aromatic N) is 2. The summed E-state index contributed by atoms with van der Waals surface area (Å²) in [6.07, 6.45) is 0. The lowest BCUT2D eigenvalue weighted by Gasteiger charge is -2.19. The highest BCUT2D eigenvalue weighted by molar-refractivity contribution is 6.28. The van der Waals surface area contributed by atoms with E-state index >= 15 is 0 Å². The van der Waals surface area contributed by atoms with Crippen molar-refractivity contribution in [3.63, 3.8) is 0 Å². The first kappa shape index (κ1) is 35.7. The van der Waals surface area contributed by atoms with E-state index in [2.05, 4.69) is 212 Å². The second-order valence-electron chi connectivity index (χ2n) is 16.0. The first-order valence-electron chi connectivity index (χ1n) is 21.2. The van der Waals surface area contributed by atoms with Crippen molar-refractivity contribution in [1.29, 1.82) is 0 Å². The maximum absolute atomic E-state index is 5.26. The molecule has 1 aromatic heterocycles. The van der Waals surface area contributed by atoms with Crippen LogP contribution in [0.3, 0.4) is 0 Å². The first-order chi connectivity index (χ1) is 30.7. The van der Waals surface area contributed by atoms with E-state index in [4.69, 9.17) is 9.97 Å². The fraction of sp³-hybridized carbons (Fsp3) is 0. The minimum atomic E-state index is 0.700. The summed E-state index contributed by atoms with van der Waals surface area (Å²) < 4.78 is 0. The van der Waals surface area contributed by atoms with E-state index in [1.807, 2.05) is 18.2 Å². The molecular formula is C60H38N2. The van der Waals surface area contributed by atoms with Gasteiger partial charge < -0.3 is 0 Å². The summed E-state index contributed by atoms with van der Waals surface area (Å²) in [6.45, 7) is 0. The van der Waals surface area contributed by atoms with Crippen LogP contribution in [0.5, 0.6) is 0 Å². The molecule has 0 amide bonds. The van der Waals surface area contributed by atoms with Crippen molar-refractivity contribution in [2.75, 3.05) is 0 Å². The largest absolute Gasteiger partial charge is 0.228 e. The molecule has 0 radical (unpaired) electrons. The number of hydrogen-bond acceptors (Lipinski definition) is 2. The summed E-state index contributed by atoms with van der Waals surface area (Å²) in [5.41, 5.74) is 12.1. The second-order valence-corrected chi connectivity index (χ2v) is 16.0. The first-order valence-corrected chi connectivity index (χ1v) is 21.2. The number of benzene rings is 11. The van der Waals surface area contributed by atoms with E-state index in [1.54, 1.807) is 0 Å². The third-order valence-corrected chi connectivity index (χ3v) is 12.4. The lowest BCUT2D eigenvalue weighted by Crippen LogP contribution is -1.97. The molecule has 0 saturated heterocycles. The SMILES string of the molecule is c1ccc(-c2nc(-c3ccc4cc(-c5c6ccccc6c(-c6ccccc6)c6ccc7ccccc7c56)ccc4c3)cc(-c3ccccc3-c3cccc4ccccc34)n2)cc1. The average Bonchev–Trinajstić information content (AvgIpc) is 3.35. The van der Waals surface area contributed by atoms with Gasteiger partial charge in [-0.2, -0.15) is 0 Å². The van der Waals surface area contributed by atoms with Crippen LogP contribution in [0.4, 0.5) is 0 Å². The van der Waals surface area contributed by atoms with Crippen LogP contribution in [0.15, 0.2) is 231 Å². The summed E-state index contributed by atoms with van der Waals surface area (Å²) >= 11 is 0. The molecule has 0 aliphatic carbocycles. The van der Waals surface area contributed by atoms with Gasteiger partial charge in [0.15, 0.2) is 5.82 Å². The molecule has 0 unspecified atom stereocenters. The van der Waals surface area contributed by atoms with Gasteiger partial charge in [-0.1, -0.05) is 212 Å². The molecule has 0 bridgehead atoms. The Balaban J connectivity index is 1.03. The van der Waals surface area contributed by atoms with Crippen molar-refractivity contribution in [3.8, 4) is 67.3 Å². The number of hydrogen-bond donors (Lipinski definition) is 0. The topological polar surface area (TPSA) is 25.8 Å². The molecule has 2 nitrogen and oxygen atoms in total. The molecule has 11 aromatic carbocycles. The zero-order valence-electron chi connectivity index (χ0n) is 33.8. The molecule has 62 heavy (non-hydrogen) atoms. The van der Waals surface area contributed by atoms with Gasteiger partial charge in [0.25, 0.3) is 0 Å². The molecule has 288 valence electrons. The van der Waals surface area contributed by atoms with E-state index in [0.29, 0.717) is 5.82 Å². The van der Waals surface area contributed by atoms with Crippen LogP contribution in [0.2, 0.25) is 0 Å². The number of aromatic nitrogens is 2. The Labute approximate surface area is 360 Å². The highest BCUT2D eigenvalue weighted by Gasteiger charge is 2.20. The van der Waals surface area contributed by atoms with Crippen molar-refractivity contribution in [3.05, 3.63) is 231 Å². The number of rotatable bonds is 6. The molecule has 12 aromatic rings. The minimum absolute atomic E-state index is 0.700. The number of fused-ring (bicyclic) bond motifs is 6. The molecule has 2 heteroatoms. The second kappa shape index (κ2) is 14.8. The predicted molar refractivity (Wildman–Crippen MR) is 262 cm³/mol. The summed E-state index contributed by atoms with van der Waals surface area (Å²) in [5, 5.41) is 12.3. The Kier molecular flexibility index (Phi) is 8.53. The predicted octanol–water partition coefficient (Wildman–Crippen LogP) is 16.2. The summed E-state index contributed by atoms with van der Waals surface area (Å²) in [7, 11) is 0. The minimum Gasteiger partial charge on any atom is -0.228 e. The van der Waals surface area contributed by atoms with Crippen LogP contribution in [-0.2, 0) is 0 Å². The van der Waals surface area contributed by atoms with Gasteiger partial charge in [-0.05, 0) is 105 Å². The van der Waals surface area contributed by atoms with Crippen molar-refractivity contribution < 1.29 is 0 Å². The Morgan fingerprint density at radius 3 is 1.52 bits per heavy atom. The molecular weight excluding hydrogens is 749 g/mol. The Morgan fingerprint density at radius 2 is 0.758 bits per heavy atom. The molecule has 1 heterocycles. The van der Waals surface area contributed by atoms with E-state index in [1.165, 1.54) is 76.3 Å². The highest BCUT2D eigenvalue weighted by atomic mass is 14.9. The summed E-state index contributed by atoms with van der Waals surface area (Å²) in [6, 6.07) is 83.0. The normalized spacial score (nSPS) is 11.5. The average molecular weight is 787 g/mol. The Bertz CT molecular complexity index is 3680. The molecule has 0 atom stereocenters. The van der Waals surface area contributed by atoms with Gasteiger partial charge >= 0.3 is 0 Å². The third-order valence-electron chi connectivity index (χ3n) is 12.4. The van der Waals surface area contributed by atoms with E-state index in [0.717, 1.165) is 39.0 Å².